The Hall–Kier alpha value is -2.67. The summed E-state index contributed by atoms with van der Waals surface area (Å²) in [6.07, 6.45) is 4.90. The maximum Gasteiger partial charge on any atom is 0.161 e. The summed E-state index contributed by atoms with van der Waals surface area (Å²) >= 11 is 0. The van der Waals surface area contributed by atoms with Gasteiger partial charge in [0.1, 0.15) is 5.82 Å². The van der Waals surface area contributed by atoms with Crippen LogP contribution in [0.5, 0.6) is 0 Å². The average Bonchev–Trinajstić information content (AvgIpc) is 2.91. The number of benzene rings is 1. The largest absolute Gasteiger partial charge is 0.373 e. The van der Waals surface area contributed by atoms with Crippen molar-refractivity contribution in [2.75, 3.05) is 24.9 Å². The van der Waals surface area contributed by atoms with E-state index in [4.69, 9.17) is 5.10 Å². The lowest BCUT2D eigenvalue weighted by Gasteiger charge is -2.06. The first-order valence-corrected chi connectivity index (χ1v) is 10.2. The second-order valence-corrected chi connectivity index (χ2v) is 8.54. The van der Waals surface area contributed by atoms with E-state index in [1.807, 2.05) is 55.1 Å². The highest BCUT2D eigenvalue weighted by Crippen LogP contribution is 2.30. The van der Waals surface area contributed by atoms with Crippen LogP contribution in [0.3, 0.4) is 0 Å². The highest BCUT2D eigenvalue weighted by molar-refractivity contribution is 7.92. The first-order chi connectivity index (χ1) is 11.9. The molecule has 2 heterocycles. The fourth-order valence-electron chi connectivity index (χ4n) is 2.63. The van der Waals surface area contributed by atoms with E-state index in [0.29, 0.717) is 5.82 Å². The normalized spacial score (nSPS) is 11.4. The smallest absolute Gasteiger partial charge is 0.161 e. The van der Waals surface area contributed by atoms with Crippen LogP contribution in [-0.2, 0) is 9.73 Å². The second kappa shape index (κ2) is 6.68. The standard InChI is InChI=1S/C18H21N5OS/c1-13-17(14-10-11-16(20-12-14)22-25(3,4)24)21-23(18(13)19-2)15-8-6-5-7-9-15/h5-12,19H,1-4H3. The molecule has 0 bridgehead atoms. The molecule has 0 saturated carbocycles. The van der Waals surface area contributed by atoms with E-state index < -0.39 is 9.73 Å². The minimum Gasteiger partial charge on any atom is -0.373 e. The van der Waals surface area contributed by atoms with Crippen LogP contribution in [0.25, 0.3) is 16.9 Å². The van der Waals surface area contributed by atoms with Gasteiger partial charge in [-0.3, -0.25) is 0 Å². The number of nitrogens with one attached hydrogen (secondary N) is 1. The molecule has 0 amide bonds. The number of hydrogen-bond donors (Lipinski definition) is 1. The summed E-state index contributed by atoms with van der Waals surface area (Å²) in [4.78, 5) is 4.30. The molecule has 0 unspecified atom stereocenters. The zero-order valence-corrected chi connectivity index (χ0v) is 15.5. The van der Waals surface area contributed by atoms with E-state index in [1.54, 1.807) is 24.8 Å². The zero-order chi connectivity index (χ0) is 18.0. The number of nitrogens with zero attached hydrogens (tertiary/aromatic N) is 4. The van der Waals surface area contributed by atoms with Gasteiger partial charge in [-0.1, -0.05) is 18.2 Å². The minimum absolute atomic E-state index is 0.465. The maximum absolute atomic E-state index is 11.8. The van der Waals surface area contributed by atoms with Crippen molar-refractivity contribution in [1.82, 2.24) is 14.8 Å². The number of aromatic nitrogens is 3. The predicted molar refractivity (Wildman–Crippen MR) is 103 cm³/mol. The van der Waals surface area contributed by atoms with Gasteiger partial charge in [0, 0.05) is 46.6 Å². The van der Waals surface area contributed by atoms with Gasteiger partial charge in [0.2, 0.25) is 0 Å². The van der Waals surface area contributed by atoms with Gasteiger partial charge in [0.15, 0.2) is 5.82 Å². The first kappa shape index (κ1) is 17.2. The molecule has 0 aliphatic rings. The van der Waals surface area contributed by atoms with Crippen molar-refractivity contribution in [2.24, 2.45) is 4.36 Å². The molecule has 0 radical (unpaired) electrons. The predicted octanol–water partition coefficient (Wildman–Crippen LogP) is 3.64. The van der Waals surface area contributed by atoms with Crippen LogP contribution in [0.1, 0.15) is 5.56 Å². The lowest BCUT2D eigenvalue weighted by atomic mass is 10.1. The zero-order valence-electron chi connectivity index (χ0n) is 14.7. The molecular weight excluding hydrogens is 334 g/mol. The number of para-hydroxylation sites is 1. The molecule has 1 N–H and O–H groups in total. The van der Waals surface area contributed by atoms with E-state index in [1.165, 1.54) is 0 Å². The molecular formula is C18H21N5OS. The Morgan fingerprint density at radius 2 is 1.84 bits per heavy atom. The first-order valence-electron chi connectivity index (χ1n) is 7.85. The highest BCUT2D eigenvalue weighted by atomic mass is 32.2. The Morgan fingerprint density at radius 3 is 2.40 bits per heavy atom. The molecule has 25 heavy (non-hydrogen) atoms. The van der Waals surface area contributed by atoms with Crippen LogP contribution < -0.4 is 5.32 Å². The van der Waals surface area contributed by atoms with E-state index in [0.717, 1.165) is 28.3 Å². The van der Waals surface area contributed by atoms with E-state index in [-0.39, 0.29) is 0 Å². The van der Waals surface area contributed by atoms with Crippen molar-refractivity contribution < 1.29 is 4.21 Å². The Labute approximate surface area is 148 Å². The molecule has 0 atom stereocenters. The molecule has 0 aliphatic heterocycles. The van der Waals surface area contributed by atoms with Crippen molar-refractivity contribution in [3.8, 4) is 16.9 Å². The summed E-state index contributed by atoms with van der Waals surface area (Å²) in [5.41, 5.74) is 3.76. The van der Waals surface area contributed by atoms with Crippen LogP contribution in [-0.4, -0.2) is 38.5 Å². The van der Waals surface area contributed by atoms with Gasteiger partial charge in [-0.05, 0) is 31.2 Å². The van der Waals surface area contributed by atoms with Crippen LogP contribution in [0.4, 0.5) is 11.6 Å². The maximum atomic E-state index is 11.8. The summed E-state index contributed by atoms with van der Waals surface area (Å²) in [6, 6.07) is 13.6. The van der Waals surface area contributed by atoms with Gasteiger partial charge in [0.05, 0.1) is 11.4 Å². The number of rotatable bonds is 4. The summed E-state index contributed by atoms with van der Waals surface area (Å²) < 4.78 is 17.8. The molecule has 1 aromatic carbocycles. The molecule has 0 aliphatic carbocycles. The second-order valence-electron chi connectivity index (χ2n) is 6.00. The molecule has 2 aromatic heterocycles. The van der Waals surface area contributed by atoms with Crippen molar-refractivity contribution in [2.45, 2.75) is 6.92 Å². The Balaban J connectivity index is 2.07. The molecule has 3 rings (SSSR count). The molecule has 0 spiro atoms. The van der Waals surface area contributed by atoms with Gasteiger partial charge in [-0.25, -0.2) is 13.9 Å². The number of pyridine rings is 1. The Kier molecular flexibility index (Phi) is 4.59. The highest BCUT2D eigenvalue weighted by Gasteiger charge is 2.16. The van der Waals surface area contributed by atoms with E-state index in [2.05, 4.69) is 14.7 Å². The van der Waals surface area contributed by atoms with Crippen LogP contribution in [0, 0.1) is 6.92 Å². The SMILES string of the molecule is CNc1c(C)c(-c2ccc(N=S(C)(C)=O)nc2)nn1-c1ccccc1. The minimum atomic E-state index is -2.22. The molecule has 3 aromatic rings. The van der Waals surface area contributed by atoms with Gasteiger partial charge in [0.25, 0.3) is 0 Å². The van der Waals surface area contributed by atoms with Crippen molar-refractivity contribution in [3.05, 3.63) is 54.2 Å². The van der Waals surface area contributed by atoms with Gasteiger partial charge in [-0.15, -0.1) is 0 Å². The molecule has 130 valence electrons. The fraction of sp³-hybridized carbons (Fsp3) is 0.222. The van der Waals surface area contributed by atoms with Crippen molar-refractivity contribution >= 4 is 21.4 Å². The number of hydrogen-bond acceptors (Lipinski definition) is 5. The Morgan fingerprint density at radius 1 is 1.12 bits per heavy atom. The van der Waals surface area contributed by atoms with Gasteiger partial charge < -0.3 is 5.32 Å². The lowest BCUT2D eigenvalue weighted by molar-refractivity contribution is 0.684. The third-order valence-corrected chi connectivity index (χ3v) is 4.32. The summed E-state index contributed by atoms with van der Waals surface area (Å²) in [5.74, 6) is 1.40. The van der Waals surface area contributed by atoms with E-state index >= 15 is 0 Å². The lowest BCUT2D eigenvalue weighted by Crippen LogP contribution is -2.02. The molecule has 0 saturated heterocycles. The Bertz CT molecular complexity index is 992. The van der Waals surface area contributed by atoms with Gasteiger partial charge in [-0.2, -0.15) is 9.46 Å². The van der Waals surface area contributed by atoms with Crippen LogP contribution >= 0.6 is 0 Å². The third kappa shape index (κ3) is 3.71. The average molecular weight is 355 g/mol. The third-order valence-electron chi connectivity index (χ3n) is 3.69. The van der Waals surface area contributed by atoms with Gasteiger partial charge >= 0.3 is 0 Å². The number of anilines is 1. The van der Waals surface area contributed by atoms with Crippen molar-refractivity contribution in [1.29, 1.82) is 0 Å². The monoisotopic (exact) mass is 355 g/mol. The van der Waals surface area contributed by atoms with E-state index in [9.17, 15) is 4.21 Å². The summed E-state index contributed by atoms with van der Waals surface area (Å²) in [7, 11) is -0.341. The van der Waals surface area contributed by atoms with Crippen molar-refractivity contribution in [3.63, 3.8) is 0 Å². The fourth-order valence-corrected chi connectivity index (χ4v) is 3.18. The molecule has 0 fully saturated rings. The summed E-state index contributed by atoms with van der Waals surface area (Å²) in [5, 5.41) is 7.97. The summed E-state index contributed by atoms with van der Waals surface area (Å²) in [6.45, 7) is 2.02. The van der Waals surface area contributed by atoms with Crippen LogP contribution in [0.15, 0.2) is 53.0 Å². The quantitative estimate of drug-likeness (QED) is 0.775. The topological polar surface area (TPSA) is 72.2 Å². The van der Waals surface area contributed by atoms with Crippen LogP contribution in [0.2, 0.25) is 0 Å². The molecule has 7 heteroatoms. The molecule has 6 nitrogen and oxygen atoms in total.